The molecule has 5 amide bonds. The van der Waals surface area contributed by atoms with Crippen molar-refractivity contribution >= 4 is 74.8 Å². The number of nitrogens with one attached hydrogen (secondary N) is 3. The van der Waals surface area contributed by atoms with Crippen LogP contribution in [0.3, 0.4) is 0 Å². The molecule has 17 nitrogen and oxygen atoms in total. The number of piperazine rings is 2. The number of thiazole rings is 2. The number of methoxy groups -OCH3 is 1. The average Bonchev–Trinajstić information content (AvgIpc) is 4.20. The molecule has 9 rings (SSSR count). The number of likely N-dealkylation sites (tertiary alicyclic amines) is 1. The van der Waals surface area contributed by atoms with Crippen LogP contribution in [-0.2, 0) is 14.4 Å². The van der Waals surface area contributed by atoms with Crippen LogP contribution in [0.2, 0.25) is 0 Å². The van der Waals surface area contributed by atoms with Gasteiger partial charge in [-0.2, -0.15) is 0 Å². The van der Waals surface area contributed by atoms with Crippen molar-refractivity contribution in [2.75, 3.05) is 76.2 Å². The van der Waals surface area contributed by atoms with Gasteiger partial charge in [0.1, 0.15) is 11.8 Å². The van der Waals surface area contributed by atoms with E-state index < -0.39 is 23.6 Å². The Labute approximate surface area is 470 Å². The molecule has 5 heterocycles. The zero-order chi connectivity index (χ0) is 55.4. The normalized spacial score (nSPS) is 21.0. The summed E-state index contributed by atoms with van der Waals surface area (Å²) in [7, 11) is 1.56. The summed E-state index contributed by atoms with van der Waals surface area (Å²) in [4.78, 5) is 88.2. The van der Waals surface area contributed by atoms with E-state index in [1.165, 1.54) is 23.1 Å². The highest BCUT2D eigenvalue weighted by molar-refractivity contribution is 8.01. The number of ether oxygens (including phenoxy) is 1. The third-order valence-electron chi connectivity index (χ3n) is 15.8. The number of carbonyl (C=O) groups excluding carboxylic acids is 5. The topological polar surface area (TPSA) is 193 Å². The van der Waals surface area contributed by atoms with Crippen molar-refractivity contribution in [3.63, 3.8) is 0 Å². The largest absolute Gasteiger partial charge is 0.496 e. The minimum atomic E-state index is -0.775. The van der Waals surface area contributed by atoms with Gasteiger partial charge in [0.15, 0.2) is 5.13 Å². The predicted molar refractivity (Wildman–Crippen MR) is 308 cm³/mol. The van der Waals surface area contributed by atoms with Crippen LogP contribution in [0.15, 0.2) is 81.5 Å². The van der Waals surface area contributed by atoms with Crippen molar-refractivity contribution < 1.29 is 33.8 Å². The Morgan fingerprint density at radius 3 is 2.17 bits per heavy atom. The van der Waals surface area contributed by atoms with Crippen LogP contribution in [-0.4, -0.2) is 160 Å². The molecule has 0 unspecified atom stereocenters. The summed E-state index contributed by atoms with van der Waals surface area (Å²) < 4.78 is 6.48. The number of amides is 5. The van der Waals surface area contributed by atoms with Gasteiger partial charge in [-0.3, -0.25) is 34.2 Å². The van der Waals surface area contributed by atoms with Crippen LogP contribution in [0.25, 0.3) is 10.4 Å². The Kier molecular flexibility index (Phi) is 17.9. The van der Waals surface area contributed by atoms with E-state index in [1.807, 2.05) is 86.9 Å². The Morgan fingerprint density at radius 1 is 0.859 bits per heavy atom. The number of rotatable bonds is 15. The third-order valence-corrected chi connectivity index (χ3v) is 19.0. The molecule has 2 aromatic heterocycles. The second kappa shape index (κ2) is 24.6. The molecule has 78 heavy (non-hydrogen) atoms. The highest BCUT2D eigenvalue weighted by Crippen LogP contribution is 2.39. The zero-order valence-electron chi connectivity index (χ0n) is 46.0. The molecule has 3 aliphatic heterocycles. The summed E-state index contributed by atoms with van der Waals surface area (Å²) >= 11 is 4.45. The summed E-state index contributed by atoms with van der Waals surface area (Å²) in [5, 5.41) is 21.2. The first-order valence-electron chi connectivity index (χ1n) is 27.2. The molecule has 3 saturated heterocycles. The van der Waals surface area contributed by atoms with Gasteiger partial charge in [0, 0.05) is 100 Å². The summed E-state index contributed by atoms with van der Waals surface area (Å²) in [6, 6.07) is 18.6. The molecule has 4 atom stereocenters. The van der Waals surface area contributed by atoms with Crippen molar-refractivity contribution in [1.82, 2.24) is 40.2 Å². The van der Waals surface area contributed by atoms with Gasteiger partial charge in [-0.15, -0.1) is 11.3 Å². The molecule has 4 N–H and O–H groups in total. The molecule has 0 spiro atoms. The number of nitrogens with zero attached hydrogens (tertiary/aromatic N) is 7. The van der Waals surface area contributed by atoms with Gasteiger partial charge in [-0.05, 0) is 105 Å². The molecular weight excluding hydrogens is 1040 g/mol. The molecule has 1 aliphatic carbocycles. The number of carbonyl (C=O) groups is 5. The first-order chi connectivity index (χ1) is 37.3. The van der Waals surface area contributed by atoms with Crippen LogP contribution in [0, 0.1) is 19.3 Å². The lowest BCUT2D eigenvalue weighted by Crippen LogP contribution is -2.59. The number of benzene rings is 3. The summed E-state index contributed by atoms with van der Waals surface area (Å²) in [5.74, 6) is -0.271. The monoisotopic (exact) mass is 1120 g/mol. The van der Waals surface area contributed by atoms with E-state index in [1.54, 1.807) is 46.3 Å². The molecule has 4 fully saturated rings. The van der Waals surface area contributed by atoms with E-state index in [0.717, 1.165) is 93.9 Å². The summed E-state index contributed by atoms with van der Waals surface area (Å²) in [6.07, 6.45) is 5.08. The molecular formula is C58H74N10O7S3. The maximum absolute atomic E-state index is 14.5. The number of aromatic nitrogens is 2. The number of hydrogen-bond acceptors (Lipinski definition) is 15. The minimum Gasteiger partial charge on any atom is -0.496 e. The molecule has 416 valence electrons. The van der Waals surface area contributed by atoms with Crippen LogP contribution < -0.4 is 25.6 Å². The summed E-state index contributed by atoms with van der Waals surface area (Å²) in [6.45, 7) is 19.3. The highest BCUT2D eigenvalue weighted by Gasteiger charge is 2.45. The maximum Gasteiger partial charge on any atom is 0.257 e. The molecule has 5 aromatic rings. The van der Waals surface area contributed by atoms with Crippen molar-refractivity contribution in [2.45, 2.75) is 126 Å². The lowest BCUT2D eigenvalue weighted by molar-refractivity contribution is -0.142. The van der Waals surface area contributed by atoms with Crippen molar-refractivity contribution in [3.05, 3.63) is 100 Å². The van der Waals surface area contributed by atoms with Gasteiger partial charge in [0.2, 0.25) is 17.7 Å². The van der Waals surface area contributed by atoms with Crippen molar-refractivity contribution in [3.8, 4) is 16.2 Å². The average molecular weight is 1120 g/mol. The highest BCUT2D eigenvalue weighted by atomic mass is 32.2. The van der Waals surface area contributed by atoms with Gasteiger partial charge in [0.25, 0.3) is 11.8 Å². The first kappa shape index (κ1) is 56.8. The van der Waals surface area contributed by atoms with Gasteiger partial charge >= 0.3 is 0 Å². The van der Waals surface area contributed by atoms with Crippen LogP contribution in [0.4, 0.5) is 10.8 Å². The Bertz CT molecular complexity index is 2940. The number of hydrogen-bond donors (Lipinski definition) is 4. The van der Waals surface area contributed by atoms with Gasteiger partial charge in [0.05, 0.1) is 57.3 Å². The van der Waals surface area contributed by atoms with E-state index >= 15 is 0 Å². The second-order valence-corrected chi connectivity index (χ2v) is 25.4. The molecule has 0 radical (unpaired) electrons. The Hall–Kier alpha value is -5.90. The number of aliphatic hydroxyl groups is 1. The van der Waals surface area contributed by atoms with E-state index in [0.29, 0.717) is 54.2 Å². The van der Waals surface area contributed by atoms with Gasteiger partial charge in [-0.1, -0.05) is 68.1 Å². The lowest BCUT2D eigenvalue weighted by Gasteiger charge is -2.44. The van der Waals surface area contributed by atoms with Crippen LogP contribution in [0.1, 0.15) is 110 Å². The van der Waals surface area contributed by atoms with E-state index in [2.05, 4.69) is 56.5 Å². The van der Waals surface area contributed by atoms with Crippen molar-refractivity contribution in [1.29, 1.82) is 0 Å². The minimum absolute atomic E-state index is 0.00644. The van der Waals surface area contributed by atoms with E-state index in [9.17, 15) is 29.1 Å². The molecule has 0 bridgehead atoms. The summed E-state index contributed by atoms with van der Waals surface area (Å²) in [5.41, 5.74) is 7.46. The van der Waals surface area contributed by atoms with Gasteiger partial charge < -0.3 is 40.1 Å². The number of aryl methyl sites for hydroxylation is 2. The number of β-amino-alcohol motifs (C(OH)–C–C–N with tert-alkyl or cyclic N) is 1. The Balaban J connectivity index is 0.724. The third kappa shape index (κ3) is 13.2. The molecule has 20 heteroatoms. The predicted octanol–water partition coefficient (Wildman–Crippen LogP) is 7.88. The first-order valence-corrected chi connectivity index (χ1v) is 29.7. The smallest absolute Gasteiger partial charge is 0.257 e. The van der Waals surface area contributed by atoms with Crippen LogP contribution >= 0.6 is 34.4 Å². The second-order valence-electron chi connectivity index (χ2n) is 22.2. The fraction of sp³-hybridized carbons (Fsp3) is 0.500. The maximum atomic E-state index is 14.5. The van der Waals surface area contributed by atoms with E-state index in [4.69, 9.17) is 4.74 Å². The molecule has 1 saturated carbocycles. The SMILES string of the molecule is COc1cc(C)c(Sc2cnc(NC(=O)c3ccc(N4CCN(C5CCC(N[C@H](C(=O)N6C[C@H](O)C[C@H]6C(=O)N[C@@H](C)c6ccc(-c7scnc7C)cc6)C(C)(C)C)CC5)CC4)cc3)s2)cc1C(=O)N1CCN(C(C)=O)CC1. The molecule has 4 aliphatic rings. The van der Waals surface area contributed by atoms with E-state index in [-0.39, 0.29) is 54.6 Å². The lowest BCUT2D eigenvalue weighted by atomic mass is 9.83. The fourth-order valence-corrected chi connectivity index (χ4v) is 14.0. The number of aliphatic hydroxyl groups excluding tert-OH is 1. The van der Waals surface area contributed by atoms with Crippen LogP contribution in [0.5, 0.6) is 5.75 Å². The number of anilines is 2. The fourth-order valence-electron chi connectivity index (χ4n) is 11.2. The molecule has 3 aromatic carbocycles. The van der Waals surface area contributed by atoms with Crippen molar-refractivity contribution in [2.24, 2.45) is 5.41 Å². The Morgan fingerprint density at radius 2 is 1.54 bits per heavy atom. The zero-order valence-corrected chi connectivity index (χ0v) is 48.5. The van der Waals surface area contributed by atoms with Gasteiger partial charge in [-0.25, -0.2) is 9.97 Å². The quantitative estimate of drug-likeness (QED) is 0.0793. The standard InChI is InChI=1S/C58H74N10O7S3/c1-35-29-48(75-8)46(55(73)67-27-21-64(22-28-67)38(4)69)31-49(35)77-50-32-59-57(78-50)63-53(71)41-13-17-43(18-14-41)65-23-25-66(26-24-65)44-19-15-42(16-20-44)62-52(58(5,6)7)56(74)68-33-45(70)30-47(68)54(72)61-36(2)39-9-11-40(12-10-39)51-37(3)60-34-76-51/h9-14,17-18,29,31-32,34,36,42,44-45,47,52,62,70H,15-16,19-28,30,33H2,1-8H3,(H,61,72)(H,59,63,71)/t36-,42?,44?,45+,47-,52+/m0/s1.